The van der Waals surface area contributed by atoms with Gasteiger partial charge in [0.15, 0.2) is 0 Å². The number of likely N-dealkylation sites (N-methyl/N-ethyl adjacent to an activating group) is 1. The van der Waals surface area contributed by atoms with Crippen molar-refractivity contribution in [1.29, 1.82) is 0 Å². The number of rotatable bonds is 3. The van der Waals surface area contributed by atoms with E-state index in [-0.39, 0.29) is 12.0 Å². The van der Waals surface area contributed by atoms with Crippen LogP contribution in [0.25, 0.3) is 0 Å². The summed E-state index contributed by atoms with van der Waals surface area (Å²) in [4.78, 5) is 13.9. The molecule has 1 aromatic carbocycles. The van der Waals surface area contributed by atoms with Crippen LogP contribution in [0.1, 0.15) is 33.9 Å². The van der Waals surface area contributed by atoms with Crippen LogP contribution in [0.15, 0.2) is 6.07 Å². The zero-order chi connectivity index (χ0) is 14.0. The second-order valence-electron chi connectivity index (χ2n) is 5.06. The predicted molar refractivity (Wildman–Crippen MR) is 73.8 cm³/mol. The first-order valence-electron chi connectivity index (χ1n) is 6.12. The number of carbonyl (C=O) groups excluding carboxylic acids is 1. The molecule has 0 radical (unpaired) electrons. The summed E-state index contributed by atoms with van der Waals surface area (Å²) in [5.41, 5.74) is 5.83. The third-order valence-corrected chi connectivity index (χ3v) is 3.64. The minimum atomic E-state index is -0.339. The van der Waals surface area contributed by atoms with Crippen LogP contribution in [0.3, 0.4) is 0 Å². The van der Waals surface area contributed by atoms with Crippen molar-refractivity contribution >= 4 is 5.97 Å². The summed E-state index contributed by atoms with van der Waals surface area (Å²) in [6.45, 7) is 8.29. The van der Waals surface area contributed by atoms with Crippen molar-refractivity contribution in [3.63, 3.8) is 0 Å². The van der Waals surface area contributed by atoms with Gasteiger partial charge in [-0.15, -0.1) is 0 Å². The van der Waals surface area contributed by atoms with Crippen LogP contribution >= 0.6 is 0 Å². The highest BCUT2D eigenvalue weighted by Gasteiger charge is 2.28. The molecule has 0 bridgehead atoms. The number of methoxy groups -OCH3 is 1. The highest BCUT2D eigenvalue weighted by atomic mass is 16.5. The van der Waals surface area contributed by atoms with Gasteiger partial charge in [-0.1, -0.05) is 6.07 Å². The molecular weight excluding hydrogens is 226 g/mol. The fraction of sp³-hybridized carbons (Fsp3) is 0.533. The molecule has 0 spiro atoms. The van der Waals surface area contributed by atoms with Crippen molar-refractivity contribution in [2.45, 2.75) is 33.7 Å². The lowest BCUT2D eigenvalue weighted by Gasteiger charge is -2.27. The van der Waals surface area contributed by atoms with Gasteiger partial charge in [0.2, 0.25) is 0 Å². The van der Waals surface area contributed by atoms with E-state index in [0.717, 1.165) is 5.56 Å². The molecule has 3 nitrogen and oxygen atoms in total. The van der Waals surface area contributed by atoms with E-state index < -0.39 is 0 Å². The summed E-state index contributed by atoms with van der Waals surface area (Å²) in [5, 5.41) is 0. The van der Waals surface area contributed by atoms with Gasteiger partial charge in [-0.25, -0.2) is 4.79 Å². The van der Waals surface area contributed by atoms with Gasteiger partial charge in [0.25, 0.3) is 0 Å². The SMILES string of the molecule is COC(=O)C(c1c(C)c(C)cc(C)c1C)N(C)C. The smallest absolute Gasteiger partial charge is 0.327 e. The van der Waals surface area contributed by atoms with Crippen LogP contribution in [0.4, 0.5) is 0 Å². The number of esters is 1. The number of carbonyl (C=O) groups is 1. The lowest BCUT2D eigenvalue weighted by molar-refractivity contribution is -0.146. The highest BCUT2D eigenvalue weighted by molar-refractivity contribution is 5.79. The molecule has 0 heterocycles. The Morgan fingerprint density at radius 2 is 1.56 bits per heavy atom. The number of hydrogen-bond donors (Lipinski definition) is 0. The molecule has 1 rings (SSSR count). The second-order valence-corrected chi connectivity index (χ2v) is 5.06. The molecule has 0 saturated carbocycles. The van der Waals surface area contributed by atoms with Gasteiger partial charge in [-0.2, -0.15) is 0 Å². The predicted octanol–water partition coefficient (Wildman–Crippen LogP) is 2.70. The zero-order valence-corrected chi connectivity index (χ0v) is 12.4. The lowest BCUT2D eigenvalue weighted by atomic mass is 9.89. The molecular formula is C15H23NO2. The molecule has 0 aliphatic carbocycles. The molecule has 0 saturated heterocycles. The maximum absolute atomic E-state index is 12.0. The van der Waals surface area contributed by atoms with Gasteiger partial charge in [-0.05, 0) is 69.6 Å². The Kier molecular flexibility index (Phi) is 4.52. The van der Waals surface area contributed by atoms with E-state index >= 15 is 0 Å². The van der Waals surface area contributed by atoms with Gasteiger partial charge >= 0.3 is 5.97 Å². The van der Waals surface area contributed by atoms with Crippen molar-refractivity contribution in [1.82, 2.24) is 4.90 Å². The normalized spacial score (nSPS) is 12.7. The second kappa shape index (κ2) is 5.53. The topological polar surface area (TPSA) is 29.5 Å². The Bertz CT molecular complexity index is 438. The van der Waals surface area contributed by atoms with Gasteiger partial charge in [0.05, 0.1) is 7.11 Å². The molecule has 0 N–H and O–H groups in total. The zero-order valence-electron chi connectivity index (χ0n) is 12.4. The molecule has 0 aromatic heterocycles. The minimum Gasteiger partial charge on any atom is -0.468 e. The van der Waals surface area contributed by atoms with E-state index in [1.165, 1.54) is 29.4 Å². The number of hydrogen-bond acceptors (Lipinski definition) is 3. The molecule has 1 unspecified atom stereocenters. The lowest BCUT2D eigenvalue weighted by Crippen LogP contribution is -2.30. The number of aryl methyl sites for hydroxylation is 2. The Hall–Kier alpha value is -1.35. The standard InChI is InChI=1S/C15H23NO2/c1-9-8-10(2)12(4)13(11(9)3)14(16(5)6)15(17)18-7/h8,14H,1-7H3. The van der Waals surface area contributed by atoms with Crippen molar-refractivity contribution in [3.8, 4) is 0 Å². The molecule has 0 aliphatic rings. The molecule has 3 heteroatoms. The third-order valence-electron chi connectivity index (χ3n) is 3.64. The van der Waals surface area contributed by atoms with Crippen LogP contribution in [0, 0.1) is 27.7 Å². The largest absolute Gasteiger partial charge is 0.468 e. The first kappa shape index (κ1) is 14.7. The fourth-order valence-electron chi connectivity index (χ4n) is 2.36. The Balaban J connectivity index is 3.50. The van der Waals surface area contributed by atoms with Crippen molar-refractivity contribution in [2.24, 2.45) is 0 Å². The quantitative estimate of drug-likeness (QED) is 0.771. The molecule has 100 valence electrons. The maximum atomic E-state index is 12.0. The van der Waals surface area contributed by atoms with Crippen LogP contribution in [0.5, 0.6) is 0 Å². The molecule has 1 atom stereocenters. The van der Waals surface area contributed by atoms with E-state index in [0.29, 0.717) is 0 Å². The summed E-state index contributed by atoms with van der Waals surface area (Å²) < 4.78 is 4.94. The average Bonchev–Trinajstić information content (AvgIpc) is 2.30. The van der Waals surface area contributed by atoms with Gasteiger partial charge in [-0.3, -0.25) is 4.90 Å². The molecule has 0 amide bonds. The summed E-state index contributed by atoms with van der Waals surface area (Å²) in [6, 6.07) is 1.83. The van der Waals surface area contributed by atoms with E-state index in [9.17, 15) is 4.79 Å². The minimum absolute atomic E-state index is 0.212. The summed E-state index contributed by atoms with van der Waals surface area (Å²) in [5.74, 6) is -0.212. The summed E-state index contributed by atoms with van der Waals surface area (Å²) in [6.07, 6.45) is 0. The monoisotopic (exact) mass is 249 g/mol. The number of ether oxygens (including phenoxy) is 1. The van der Waals surface area contributed by atoms with Gasteiger partial charge < -0.3 is 4.74 Å². The molecule has 0 aliphatic heterocycles. The summed E-state index contributed by atoms with van der Waals surface area (Å²) in [7, 11) is 5.24. The van der Waals surface area contributed by atoms with E-state index in [1.54, 1.807) is 0 Å². The molecule has 1 aromatic rings. The van der Waals surface area contributed by atoms with Crippen LogP contribution in [-0.2, 0) is 9.53 Å². The Morgan fingerprint density at radius 1 is 1.11 bits per heavy atom. The van der Waals surface area contributed by atoms with Crippen LogP contribution in [0.2, 0.25) is 0 Å². The fourth-order valence-corrected chi connectivity index (χ4v) is 2.36. The van der Waals surface area contributed by atoms with Gasteiger partial charge in [0.1, 0.15) is 6.04 Å². The van der Waals surface area contributed by atoms with E-state index in [2.05, 4.69) is 33.8 Å². The Morgan fingerprint density at radius 3 is 1.89 bits per heavy atom. The average molecular weight is 249 g/mol. The van der Waals surface area contributed by atoms with Crippen molar-refractivity contribution < 1.29 is 9.53 Å². The van der Waals surface area contributed by atoms with E-state index in [1.807, 2.05) is 19.0 Å². The number of benzene rings is 1. The third kappa shape index (κ3) is 2.56. The van der Waals surface area contributed by atoms with Crippen LogP contribution < -0.4 is 0 Å². The molecule has 0 fully saturated rings. The van der Waals surface area contributed by atoms with E-state index in [4.69, 9.17) is 4.74 Å². The van der Waals surface area contributed by atoms with Gasteiger partial charge in [0, 0.05) is 0 Å². The first-order chi connectivity index (χ1) is 8.31. The maximum Gasteiger partial charge on any atom is 0.327 e. The summed E-state index contributed by atoms with van der Waals surface area (Å²) >= 11 is 0. The molecule has 18 heavy (non-hydrogen) atoms. The number of nitrogens with zero attached hydrogens (tertiary/aromatic N) is 1. The Labute approximate surface area is 110 Å². The highest BCUT2D eigenvalue weighted by Crippen LogP contribution is 2.30. The first-order valence-corrected chi connectivity index (χ1v) is 6.12. The van der Waals surface area contributed by atoms with Crippen molar-refractivity contribution in [2.75, 3.05) is 21.2 Å². The van der Waals surface area contributed by atoms with Crippen molar-refractivity contribution in [3.05, 3.63) is 33.9 Å². The van der Waals surface area contributed by atoms with Crippen LogP contribution in [-0.4, -0.2) is 32.1 Å².